The second-order valence-corrected chi connectivity index (χ2v) is 6.50. The summed E-state index contributed by atoms with van der Waals surface area (Å²) in [6.45, 7) is 7.12. The number of hydrogen-bond acceptors (Lipinski definition) is 3. The zero-order valence-corrected chi connectivity index (χ0v) is 12.4. The maximum Gasteiger partial charge on any atom is 0.0410 e. The molecule has 3 nitrogen and oxygen atoms in total. The van der Waals surface area contributed by atoms with E-state index in [1.807, 2.05) is 12.4 Å². The predicted molar refractivity (Wildman–Crippen MR) is 76.4 cm³/mol. The van der Waals surface area contributed by atoms with Crippen molar-refractivity contribution in [2.75, 3.05) is 19.6 Å². The molecule has 0 aromatic carbocycles. The second kappa shape index (κ2) is 5.27. The van der Waals surface area contributed by atoms with E-state index in [0.29, 0.717) is 6.04 Å². The minimum Gasteiger partial charge on any atom is -0.298 e. The summed E-state index contributed by atoms with van der Waals surface area (Å²) < 4.78 is 1.08. The molecular weight excluding hydrogens is 290 g/mol. The summed E-state index contributed by atoms with van der Waals surface area (Å²) in [5, 5.41) is 0. The molecule has 2 aliphatic heterocycles. The quantitative estimate of drug-likeness (QED) is 0.837. The molecule has 2 aliphatic rings. The van der Waals surface area contributed by atoms with Crippen LogP contribution < -0.4 is 0 Å². The molecule has 2 unspecified atom stereocenters. The highest BCUT2D eigenvalue weighted by Crippen LogP contribution is 2.25. The van der Waals surface area contributed by atoms with Gasteiger partial charge < -0.3 is 0 Å². The van der Waals surface area contributed by atoms with E-state index >= 15 is 0 Å². The number of aromatic nitrogens is 1. The summed E-state index contributed by atoms with van der Waals surface area (Å²) >= 11 is 3.50. The van der Waals surface area contributed by atoms with Gasteiger partial charge in [0, 0.05) is 48.6 Å². The number of hydrogen-bond donors (Lipinski definition) is 0. The zero-order valence-electron chi connectivity index (χ0n) is 10.8. The average Bonchev–Trinajstić information content (AvgIpc) is 2.76. The molecule has 1 aromatic rings. The first-order valence-electron chi connectivity index (χ1n) is 6.80. The summed E-state index contributed by atoms with van der Waals surface area (Å²) in [6, 6.07) is 3.63. The smallest absolute Gasteiger partial charge is 0.0410 e. The third kappa shape index (κ3) is 2.60. The molecule has 0 bridgehead atoms. The molecule has 98 valence electrons. The van der Waals surface area contributed by atoms with Crippen molar-refractivity contribution in [3.8, 4) is 0 Å². The summed E-state index contributed by atoms with van der Waals surface area (Å²) in [5.41, 5.74) is 1.31. The van der Waals surface area contributed by atoms with Crippen LogP contribution in [0.15, 0.2) is 22.9 Å². The van der Waals surface area contributed by atoms with Gasteiger partial charge in [-0.3, -0.25) is 14.8 Å². The SMILES string of the molecule is CC1CN2CCCC2CN1Cc1cncc(Br)c1. The topological polar surface area (TPSA) is 19.4 Å². The molecule has 0 N–H and O–H groups in total. The van der Waals surface area contributed by atoms with E-state index in [1.165, 1.54) is 38.0 Å². The molecule has 2 fully saturated rings. The fourth-order valence-corrected chi connectivity index (χ4v) is 3.66. The molecule has 0 amide bonds. The summed E-state index contributed by atoms with van der Waals surface area (Å²) in [7, 11) is 0. The van der Waals surface area contributed by atoms with Crippen LogP contribution in [-0.4, -0.2) is 46.5 Å². The van der Waals surface area contributed by atoms with Gasteiger partial charge in [-0.2, -0.15) is 0 Å². The van der Waals surface area contributed by atoms with E-state index in [4.69, 9.17) is 0 Å². The van der Waals surface area contributed by atoms with Crippen molar-refractivity contribution in [2.45, 2.75) is 38.4 Å². The highest BCUT2D eigenvalue weighted by atomic mass is 79.9. The molecule has 0 aliphatic carbocycles. The van der Waals surface area contributed by atoms with Gasteiger partial charge in [-0.1, -0.05) is 0 Å². The van der Waals surface area contributed by atoms with Crippen LogP contribution in [-0.2, 0) is 6.54 Å². The first-order chi connectivity index (χ1) is 8.72. The van der Waals surface area contributed by atoms with Gasteiger partial charge in [0.2, 0.25) is 0 Å². The lowest BCUT2D eigenvalue weighted by atomic mass is 10.1. The van der Waals surface area contributed by atoms with Crippen molar-refractivity contribution in [3.63, 3.8) is 0 Å². The predicted octanol–water partition coefficient (Wildman–Crippen LogP) is 2.51. The Hall–Kier alpha value is -0.450. The van der Waals surface area contributed by atoms with Gasteiger partial charge in [-0.15, -0.1) is 0 Å². The normalized spacial score (nSPS) is 29.4. The van der Waals surface area contributed by atoms with Crippen molar-refractivity contribution >= 4 is 15.9 Å². The molecule has 18 heavy (non-hydrogen) atoms. The average molecular weight is 310 g/mol. The molecule has 2 atom stereocenters. The monoisotopic (exact) mass is 309 g/mol. The van der Waals surface area contributed by atoms with Crippen LogP contribution in [0.1, 0.15) is 25.3 Å². The number of rotatable bonds is 2. The molecule has 2 saturated heterocycles. The Labute approximate surface area is 117 Å². The van der Waals surface area contributed by atoms with Crippen molar-refractivity contribution in [3.05, 3.63) is 28.5 Å². The fourth-order valence-electron chi connectivity index (χ4n) is 3.24. The molecule has 0 radical (unpaired) electrons. The van der Waals surface area contributed by atoms with E-state index < -0.39 is 0 Å². The molecular formula is C14H20BrN3. The van der Waals surface area contributed by atoms with Crippen molar-refractivity contribution < 1.29 is 0 Å². The molecule has 3 heterocycles. The fraction of sp³-hybridized carbons (Fsp3) is 0.643. The number of nitrogens with zero attached hydrogens (tertiary/aromatic N) is 3. The first kappa shape index (κ1) is 12.6. The summed E-state index contributed by atoms with van der Waals surface area (Å²) in [6.07, 6.45) is 6.59. The molecule has 1 aromatic heterocycles. The van der Waals surface area contributed by atoms with E-state index in [2.05, 4.69) is 43.7 Å². The van der Waals surface area contributed by atoms with Crippen LogP contribution >= 0.6 is 15.9 Å². The van der Waals surface area contributed by atoms with Gasteiger partial charge in [0.25, 0.3) is 0 Å². The Bertz CT molecular complexity index is 423. The van der Waals surface area contributed by atoms with Crippen LogP contribution in [0, 0.1) is 0 Å². The van der Waals surface area contributed by atoms with E-state index in [9.17, 15) is 0 Å². The van der Waals surface area contributed by atoms with Crippen LogP contribution in [0.4, 0.5) is 0 Å². The second-order valence-electron chi connectivity index (χ2n) is 5.58. The zero-order chi connectivity index (χ0) is 12.5. The van der Waals surface area contributed by atoms with Crippen LogP contribution in [0.2, 0.25) is 0 Å². The maximum absolute atomic E-state index is 4.26. The van der Waals surface area contributed by atoms with E-state index in [-0.39, 0.29) is 0 Å². The number of fused-ring (bicyclic) bond motifs is 1. The minimum atomic E-state index is 0.651. The molecule has 0 spiro atoms. The highest BCUT2D eigenvalue weighted by molar-refractivity contribution is 9.10. The van der Waals surface area contributed by atoms with Gasteiger partial charge in [0.15, 0.2) is 0 Å². The van der Waals surface area contributed by atoms with Gasteiger partial charge in [0.05, 0.1) is 0 Å². The molecule has 4 heteroatoms. The standard InChI is InChI=1S/C14H20BrN3/c1-11-8-17-4-2-3-14(17)10-18(11)9-12-5-13(15)7-16-6-12/h5-7,11,14H,2-4,8-10H2,1H3. The summed E-state index contributed by atoms with van der Waals surface area (Å²) in [5.74, 6) is 0. The third-order valence-corrected chi connectivity index (χ3v) is 4.65. The Morgan fingerprint density at radius 3 is 3.11 bits per heavy atom. The lowest BCUT2D eigenvalue weighted by Crippen LogP contribution is -2.54. The van der Waals surface area contributed by atoms with Crippen molar-refractivity contribution in [1.82, 2.24) is 14.8 Å². The highest BCUT2D eigenvalue weighted by Gasteiger charge is 2.34. The first-order valence-corrected chi connectivity index (χ1v) is 7.59. The lowest BCUT2D eigenvalue weighted by Gasteiger charge is -2.42. The Morgan fingerprint density at radius 2 is 2.28 bits per heavy atom. The molecule has 0 saturated carbocycles. The summed E-state index contributed by atoms with van der Waals surface area (Å²) in [4.78, 5) is 9.53. The Kier molecular flexibility index (Phi) is 3.68. The largest absolute Gasteiger partial charge is 0.298 e. The van der Waals surface area contributed by atoms with Crippen LogP contribution in [0.5, 0.6) is 0 Å². The Morgan fingerprint density at radius 1 is 1.39 bits per heavy atom. The number of piperazine rings is 1. The van der Waals surface area contributed by atoms with E-state index in [0.717, 1.165) is 17.1 Å². The van der Waals surface area contributed by atoms with Crippen molar-refractivity contribution in [2.24, 2.45) is 0 Å². The van der Waals surface area contributed by atoms with Crippen molar-refractivity contribution in [1.29, 1.82) is 0 Å². The lowest BCUT2D eigenvalue weighted by molar-refractivity contribution is 0.0539. The minimum absolute atomic E-state index is 0.651. The van der Waals surface area contributed by atoms with Crippen LogP contribution in [0.25, 0.3) is 0 Å². The Balaban J connectivity index is 1.68. The van der Waals surface area contributed by atoms with Gasteiger partial charge in [0.1, 0.15) is 0 Å². The van der Waals surface area contributed by atoms with Crippen LogP contribution in [0.3, 0.4) is 0 Å². The molecule has 3 rings (SSSR count). The third-order valence-electron chi connectivity index (χ3n) is 4.21. The van der Waals surface area contributed by atoms with Gasteiger partial charge in [-0.05, 0) is 53.9 Å². The number of halogens is 1. The van der Waals surface area contributed by atoms with E-state index in [1.54, 1.807) is 0 Å². The maximum atomic E-state index is 4.26. The number of pyridine rings is 1. The van der Waals surface area contributed by atoms with Gasteiger partial charge in [-0.25, -0.2) is 0 Å². The van der Waals surface area contributed by atoms with Gasteiger partial charge >= 0.3 is 0 Å².